The van der Waals surface area contributed by atoms with E-state index < -0.39 is 18.9 Å². The monoisotopic (exact) mass is 287 g/mol. The van der Waals surface area contributed by atoms with Gasteiger partial charge in [0.1, 0.15) is 5.56 Å². The van der Waals surface area contributed by atoms with Crippen molar-refractivity contribution in [1.29, 1.82) is 0 Å². The molecule has 0 aliphatic heterocycles. The first-order valence-corrected chi connectivity index (χ1v) is 6.00. The number of pyridine rings is 2. The first-order valence-electron chi connectivity index (χ1n) is 7.50. The van der Waals surface area contributed by atoms with E-state index in [9.17, 15) is 9.90 Å². The number of methoxy groups -OCH3 is 1. The van der Waals surface area contributed by atoms with E-state index in [0.29, 0.717) is 17.0 Å². The quantitative estimate of drug-likeness (QED) is 0.790. The van der Waals surface area contributed by atoms with Crippen LogP contribution < -0.4 is 4.74 Å². The summed E-state index contributed by atoms with van der Waals surface area (Å²) in [4.78, 5) is 15.5. The SMILES string of the molecule is [2H]C([2H])([2H])Oc1nc(C)c(-c2cccc3cnnn23)cc1C(=O)O. The lowest BCUT2D eigenvalue weighted by atomic mass is 10.1. The van der Waals surface area contributed by atoms with Crippen LogP contribution in [0.15, 0.2) is 30.5 Å². The van der Waals surface area contributed by atoms with Crippen LogP contribution in [0.25, 0.3) is 16.8 Å². The maximum atomic E-state index is 11.5. The van der Waals surface area contributed by atoms with Crippen LogP contribution in [0, 0.1) is 6.92 Å². The number of fused-ring (bicyclic) bond motifs is 1. The van der Waals surface area contributed by atoms with Crippen molar-refractivity contribution in [2.45, 2.75) is 6.92 Å². The maximum absolute atomic E-state index is 11.5. The number of carbonyl (C=O) groups is 1. The molecule has 0 aliphatic carbocycles. The fraction of sp³-hybridized carbons (Fsp3) is 0.143. The standard InChI is InChI=1S/C14H12N4O3/c1-8-10(6-11(14(19)20)13(16-8)21-2)12-5-3-4-9-7-15-17-18(9)12/h3-7H,1-2H3,(H,19,20)/i2D3. The van der Waals surface area contributed by atoms with Crippen molar-refractivity contribution in [3.63, 3.8) is 0 Å². The minimum Gasteiger partial charge on any atom is -0.480 e. The fourth-order valence-corrected chi connectivity index (χ4v) is 2.13. The molecule has 1 N–H and O–H groups in total. The smallest absolute Gasteiger partial charge is 0.341 e. The molecule has 0 bridgehead atoms. The summed E-state index contributed by atoms with van der Waals surface area (Å²) in [7, 11) is -2.79. The minimum absolute atomic E-state index is 0.344. The molecule has 0 radical (unpaired) electrons. The molecule has 0 spiro atoms. The number of aromatic carboxylic acids is 1. The van der Waals surface area contributed by atoms with Gasteiger partial charge in [0.2, 0.25) is 5.88 Å². The third kappa shape index (κ3) is 2.08. The average Bonchev–Trinajstić information content (AvgIpc) is 2.94. The molecule has 0 saturated heterocycles. The van der Waals surface area contributed by atoms with E-state index in [1.165, 1.54) is 6.07 Å². The van der Waals surface area contributed by atoms with Crippen LogP contribution in [0.1, 0.15) is 20.2 Å². The van der Waals surface area contributed by atoms with Crippen LogP contribution >= 0.6 is 0 Å². The number of hydrogen-bond acceptors (Lipinski definition) is 5. The zero-order valence-corrected chi connectivity index (χ0v) is 10.9. The average molecular weight is 287 g/mol. The third-order valence-electron chi connectivity index (χ3n) is 3.11. The lowest BCUT2D eigenvalue weighted by molar-refractivity contribution is 0.0692. The molecule has 0 fully saturated rings. The molecule has 0 amide bonds. The van der Waals surface area contributed by atoms with Crippen LogP contribution in [0.2, 0.25) is 0 Å². The second-order valence-corrected chi connectivity index (χ2v) is 4.36. The first-order chi connectivity index (χ1) is 11.3. The molecule has 3 heterocycles. The van der Waals surface area contributed by atoms with E-state index in [2.05, 4.69) is 15.3 Å². The summed E-state index contributed by atoms with van der Waals surface area (Å²) in [5.41, 5.74) is 1.86. The van der Waals surface area contributed by atoms with Gasteiger partial charge in [0, 0.05) is 5.56 Å². The number of aryl methyl sites for hydroxylation is 1. The number of hydrogen-bond donors (Lipinski definition) is 1. The van der Waals surface area contributed by atoms with Crippen LogP contribution in [-0.4, -0.2) is 37.9 Å². The number of rotatable bonds is 3. The van der Waals surface area contributed by atoms with Crippen molar-refractivity contribution in [2.75, 3.05) is 7.04 Å². The second kappa shape index (κ2) is 4.86. The summed E-state index contributed by atoms with van der Waals surface area (Å²) >= 11 is 0. The van der Waals surface area contributed by atoms with Gasteiger partial charge in [-0.1, -0.05) is 11.3 Å². The Kier molecular flexibility index (Phi) is 2.28. The van der Waals surface area contributed by atoms with Crippen molar-refractivity contribution in [2.24, 2.45) is 0 Å². The highest BCUT2D eigenvalue weighted by Crippen LogP contribution is 2.28. The first kappa shape index (κ1) is 9.87. The molecule has 0 unspecified atom stereocenters. The van der Waals surface area contributed by atoms with E-state index in [1.54, 1.807) is 35.8 Å². The highest BCUT2D eigenvalue weighted by Gasteiger charge is 2.18. The fourth-order valence-electron chi connectivity index (χ4n) is 2.13. The summed E-state index contributed by atoms with van der Waals surface area (Å²) < 4.78 is 27.7. The van der Waals surface area contributed by atoms with E-state index in [4.69, 9.17) is 8.85 Å². The number of carboxylic acid groups (broad SMARTS) is 1. The summed E-state index contributed by atoms with van der Waals surface area (Å²) in [6.07, 6.45) is 1.57. The van der Waals surface area contributed by atoms with Gasteiger partial charge in [-0.2, -0.15) is 0 Å². The Morgan fingerprint density at radius 1 is 1.48 bits per heavy atom. The Labute approximate surface area is 124 Å². The molecule has 7 heteroatoms. The van der Waals surface area contributed by atoms with Gasteiger partial charge in [-0.05, 0) is 25.1 Å². The molecule has 3 rings (SSSR count). The molecule has 3 aromatic heterocycles. The van der Waals surface area contributed by atoms with E-state index in [0.717, 1.165) is 5.52 Å². The van der Waals surface area contributed by atoms with Crippen LogP contribution in [0.4, 0.5) is 0 Å². The predicted molar refractivity (Wildman–Crippen MR) is 74.5 cm³/mol. The Morgan fingerprint density at radius 3 is 3.10 bits per heavy atom. The summed E-state index contributed by atoms with van der Waals surface area (Å²) in [5.74, 6) is -1.79. The van der Waals surface area contributed by atoms with E-state index in [1.807, 2.05) is 0 Å². The molecule has 3 aromatic rings. The van der Waals surface area contributed by atoms with Gasteiger partial charge < -0.3 is 9.84 Å². The Bertz CT molecular complexity index is 937. The number of carboxylic acids is 1. The van der Waals surface area contributed by atoms with Gasteiger partial charge in [0.05, 0.1) is 34.3 Å². The zero-order valence-electron chi connectivity index (χ0n) is 13.9. The normalized spacial score (nSPS) is 13.5. The van der Waals surface area contributed by atoms with Crippen LogP contribution in [-0.2, 0) is 0 Å². The summed E-state index contributed by atoms with van der Waals surface area (Å²) in [6.45, 7) is 1.63. The molecular formula is C14H12N4O3. The summed E-state index contributed by atoms with van der Waals surface area (Å²) in [5, 5.41) is 17.1. The van der Waals surface area contributed by atoms with Crippen LogP contribution in [0.3, 0.4) is 0 Å². The molecule has 106 valence electrons. The van der Waals surface area contributed by atoms with E-state index in [-0.39, 0.29) is 5.56 Å². The molecular weight excluding hydrogens is 272 g/mol. The minimum atomic E-state index is -2.79. The lowest BCUT2D eigenvalue weighted by Gasteiger charge is -2.11. The van der Waals surface area contributed by atoms with Gasteiger partial charge in [0.15, 0.2) is 0 Å². The highest BCUT2D eigenvalue weighted by atomic mass is 16.5. The van der Waals surface area contributed by atoms with E-state index >= 15 is 0 Å². The zero-order chi connectivity index (χ0) is 17.5. The molecule has 0 aromatic carbocycles. The van der Waals surface area contributed by atoms with Gasteiger partial charge in [-0.15, -0.1) is 5.10 Å². The third-order valence-corrected chi connectivity index (χ3v) is 3.11. The molecule has 0 aliphatic rings. The Morgan fingerprint density at radius 2 is 2.33 bits per heavy atom. The Balaban J connectivity index is 2.21. The van der Waals surface area contributed by atoms with Gasteiger partial charge in [-0.25, -0.2) is 14.3 Å². The maximum Gasteiger partial charge on any atom is 0.341 e. The topological polar surface area (TPSA) is 89.6 Å². The molecule has 21 heavy (non-hydrogen) atoms. The largest absolute Gasteiger partial charge is 0.480 e. The van der Waals surface area contributed by atoms with Crippen molar-refractivity contribution in [3.05, 3.63) is 41.7 Å². The van der Waals surface area contributed by atoms with Gasteiger partial charge in [0.25, 0.3) is 0 Å². The summed E-state index contributed by atoms with van der Waals surface area (Å²) in [6, 6.07) is 6.64. The van der Waals surface area contributed by atoms with Crippen molar-refractivity contribution < 1.29 is 18.8 Å². The highest BCUT2D eigenvalue weighted by molar-refractivity contribution is 5.92. The molecule has 7 nitrogen and oxygen atoms in total. The van der Waals surface area contributed by atoms with Crippen molar-refractivity contribution in [1.82, 2.24) is 19.8 Å². The number of ether oxygens (including phenoxy) is 1. The number of aromatic nitrogens is 4. The Hall–Kier alpha value is -2.96. The van der Waals surface area contributed by atoms with Gasteiger partial charge in [-0.3, -0.25) is 0 Å². The van der Waals surface area contributed by atoms with Crippen LogP contribution in [0.5, 0.6) is 5.88 Å². The van der Waals surface area contributed by atoms with Gasteiger partial charge >= 0.3 is 5.97 Å². The second-order valence-electron chi connectivity index (χ2n) is 4.36. The van der Waals surface area contributed by atoms with Crippen molar-refractivity contribution in [3.8, 4) is 17.1 Å². The molecule has 0 atom stereocenters. The number of nitrogens with zero attached hydrogens (tertiary/aromatic N) is 4. The van der Waals surface area contributed by atoms with Crippen molar-refractivity contribution >= 4 is 11.5 Å². The predicted octanol–water partition coefficient (Wildman–Crippen LogP) is 1.81. The lowest BCUT2D eigenvalue weighted by Crippen LogP contribution is -2.06. The molecule has 0 saturated carbocycles.